The minimum absolute atomic E-state index is 0.271. The molecule has 0 aromatic heterocycles. The second-order valence-corrected chi connectivity index (χ2v) is 6.43. The van der Waals surface area contributed by atoms with Gasteiger partial charge in [0.15, 0.2) is 0 Å². The van der Waals surface area contributed by atoms with E-state index in [-0.39, 0.29) is 6.04 Å². The fourth-order valence-corrected chi connectivity index (χ4v) is 3.34. The van der Waals surface area contributed by atoms with E-state index in [2.05, 4.69) is 60.2 Å². The zero-order valence-corrected chi connectivity index (χ0v) is 14.3. The van der Waals surface area contributed by atoms with E-state index in [0.29, 0.717) is 0 Å². The number of hydrogen-bond acceptors (Lipinski definition) is 1. The first kappa shape index (κ1) is 15.4. The highest BCUT2D eigenvalue weighted by Gasteiger charge is 2.12. The van der Waals surface area contributed by atoms with Crippen LogP contribution in [0, 0.1) is 13.8 Å². The third kappa shape index (κ3) is 3.56. The summed E-state index contributed by atoms with van der Waals surface area (Å²) >= 11 is 9.64. The molecule has 1 N–H and O–H groups in total. The summed E-state index contributed by atoms with van der Waals surface area (Å²) in [6.45, 7) is 6.44. The summed E-state index contributed by atoms with van der Waals surface area (Å²) in [5.41, 5.74) is 4.93. The van der Waals surface area contributed by atoms with Crippen molar-refractivity contribution in [3.8, 4) is 0 Å². The van der Waals surface area contributed by atoms with Gasteiger partial charge >= 0.3 is 0 Å². The van der Waals surface area contributed by atoms with Gasteiger partial charge in [-0.3, -0.25) is 0 Å². The Morgan fingerprint density at radius 3 is 2.35 bits per heavy atom. The molecule has 0 fully saturated rings. The minimum atomic E-state index is 0.271. The van der Waals surface area contributed by atoms with Gasteiger partial charge in [0, 0.05) is 15.2 Å². The number of benzene rings is 2. The van der Waals surface area contributed by atoms with Crippen molar-refractivity contribution in [3.05, 3.63) is 62.6 Å². The van der Waals surface area contributed by atoms with E-state index in [0.717, 1.165) is 15.9 Å². The molecule has 2 aromatic carbocycles. The molecule has 0 saturated carbocycles. The van der Waals surface area contributed by atoms with Crippen LogP contribution in [0.5, 0.6) is 0 Å². The first-order chi connectivity index (χ1) is 9.51. The van der Waals surface area contributed by atoms with Crippen molar-refractivity contribution < 1.29 is 0 Å². The Labute approximate surface area is 134 Å². The first-order valence-corrected chi connectivity index (χ1v) is 7.97. The second kappa shape index (κ2) is 6.64. The molecule has 0 aliphatic rings. The van der Waals surface area contributed by atoms with Crippen LogP contribution in [0.2, 0.25) is 5.02 Å². The van der Waals surface area contributed by atoms with Crippen LogP contribution in [0.1, 0.15) is 36.1 Å². The van der Waals surface area contributed by atoms with Crippen molar-refractivity contribution in [2.75, 3.05) is 5.32 Å². The van der Waals surface area contributed by atoms with E-state index in [1.807, 2.05) is 18.2 Å². The molecule has 0 radical (unpaired) electrons. The first-order valence-electron chi connectivity index (χ1n) is 6.80. The van der Waals surface area contributed by atoms with Crippen LogP contribution < -0.4 is 5.32 Å². The van der Waals surface area contributed by atoms with E-state index in [1.165, 1.54) is 22.4 Å². The summed E-state index contributed by atoms with van der Waals surface area (Å²) in [7, 11) is 0. The van der Waals surface area contributed by atoms with Crippen molar-refractivity contribution in [1.82, 2.24) is 0 Å². The second-order valence-electron chi connectivity index (χ2n) is 5.07. The number of halogens is 2. The third-order valence-corrected chi connectivity index (χ3v) is 4.17. The number of aryl methyl sites for hydroxylation is 2. The molecule has 2 aromatic rings. The molecule has 0 aliphatic carbocycles. The summed E-state index contributed by atoms with van der Waals surface area (Å²) < 4.78 is 1.12. The average molecular weight is 353 g/mol. The summed E-state index contributed by atoms with van der Waals surface area (Å²) in [5.74, 6) is 0. The lowest BCUT2D eigenvalue weighted by Crippen LogP contribution is -2.11. The molecule has 1 nitrogen and oxygen atoms in total. The van der Waals surface area contributed by atoms with Gasteiger partial charge in [-0.1, -0.05) is 46.6 Å². The third-order valence-electron chi connectivity index (χ3n) is 3.48. The molecule has 0 bridgehead atoms. The number of rotatable bonds is 4. The highest BCUT2D eigenvalue weighted by Crippen LogP contribution is 2.30. The fourth-order valence-electron chi connectivity index (χ4n) is 2.46. The average Bonchev–Trinajstić information content (AvgIpc) is 2.38. The Bertz CT molecular complexity index is 587. The zero-order valence-electron chi connectivity index (χ0n) is 12.0. The van der Waals surface area contributed by atoms with Crippen LogP contribution in [0.3, 0.4) is 0 Å². The zero-order chi connectivity index (χ0) is 14.7. The van der Waals surface area contributed by atoms with Crippen LogP contribution >= 0.6 is 27.5 Å². The largest absolute Gasteiger partial charge is 0.378 e. The Hall–Kier alpha value is -0.990. The van der Waals surface area contributed by atoms with Gasteiger partial charge in [-0.2, -0.15) is 0 Å². The smallest absolute Gasteiger partial charge is 0.0511 e. The molecule has 0 heterocycles. The van der Waals surface area contributed by atoms with E-state index in [4.69, 9.17) is 11.6 Å². The number of nitrogens with one attached hydrogen (secondary N) is 1. The van der Waals surface area contributed by atoms with Crippen molar-refractivity contribution in [2.24, 2.45) is 0 Å². The summed E-state index contributed by atoms with van der Waals surface area (Å²) in [4.78, 5) is 0. The predicted molar refractivity (Wildman–Crippen MR) is 91.7 cm³/mol. The van der Waals surface area contributed by atoms with Crippen molar-refractivity contribution in [3.63, 3.8) is 0 Å². The van der Waals surface area contributed by atoms with Gasteiger partial charge < -0.3 is 5.32 Å². The van der Waals surface area contributed by atoms with Gasteiger partial charge in [0.1, 0.15) is 0 Å². The maximum Gasteiger partial charge on any atom is 0.0511 e. The molecule has 2 rings (SSSR count). The Kier molecular flexibility index (Phi) is 5.11. The molecule has 3 heteroatoms. The van der Waals surface area contributed by atoms with Crippen molar-refractivity contribution in [1.29, 1.82) is 0 Å². The highest BCUT2D eigenvalue weighted by atomic mass is 79.9. The highest BCUT2D eigenvalue weighted by molar-refractivity contribution is 9.10. The number of anilines is 1. The molecule has 106 valence electrons. The lowest BCUT2D eigenvalue weighted by atomic mass is 10.0. The van der Waals surface area contributed by atoms with Gasteiger partial charge in [0.2, 0.25) is 0 Å². The normalized spacial score (nSPS) is 12.2. The van der Waals surface area contributed by atoms with Gasteiger partial charge in [-0.15, -0.1) is 0 Å². The number of hydrogen-bond donors (Lipinski definition) is 1. The Morgan fingerprint density at radius 1 is 1.15 bits per heavy atom. The van der Waals surface area contributed by atoms with Gasteiger partial charge in [-0.25, -0.2) is 0 Å². The molecule has 0 aliphatic heterocycles. The molecule has 0 saturated heterocycles. The van der Waals surface area contributed by atoms with Gasteiger partial charge in [0.25, 0.3) is 0 Å². The molecular formula is C17H19BrClN. The van der Waals surface area contributed by atoms with E-state index >= 15 is 0 Å². The van der Waals surface area contributed by atoms with Crippen molar-refractivity contribution in [2.45, 2.75) is 33.2 Å². The predicted octanol–water partition coefficient (Wildman–Crippen LogP) is 6.28. The molecule has 0 spiro atoms. The maximum absolute atomic E-state index is 6.10. The van der Waals surface area contributed by atoms with Gasteiger partial charge in [-0.05, 0) is 61.2 Å². The van der Waals surface area contributed by atoms with E-state index < -0.39 is 0 Å². The summed E-state index contributed by atoms with van der Waals surface area (Å²) in [5, 5.41) is 4.44. The molecule has 0 amide bonds. The Balaban J connectivity index is 2.32. The SMILES string of the molecule is CCC(Nc1c(C)cc(Br)cc1C)c1cccc(Cl)c1. The van der Waals surface area contributed by atoms with Gasteiger partial charge in [0.05, 0.1) is 6.04 Å². The molecule has 1 unspecified atom stereocenters. The maximum atomic E-state index is 6.10. The lowest BCUT2D eigenvalue weighted by molar-refractivity contribution is 0.747. The lowest BCUT2D eigenvalue weighted by Gasteiger charge is -2.22. The molecular weight excluding hydrogens is 334 g/mol. The quantitative estimate of drug-likeness (QED) is 0.682. The van der Waals surface area contributed by atoms with E-state index in [9.17, 15) is 0 Å². The standard InChI is InChI=1S/C17H19BrClN/c1-4-16(13-6-5-7-15(19)10-13)20-17-11(2)8-14(18)9-12(17)3/h5-10,16,20H,4H2,1-3H3. The minimum Gasteiger partial charge on any atom is -0.378 e. The topological polar surface area (TPSA) is 12.0 Å². The monoisotopic (exact) mass is 351 g/mol. The Morgan fingerprint density at radius 2 is 1.80 bits per heavy atom. The summed E-state index contributed by atoms with van der Waals surface area (Å²) in [6, 6.07) is 12.6. The molecule has 20 heavy (non-hydrogen) atoms. The van der Waals surface area contributed by atoms with E-state index in [1.54, 1.807) is 0 Å². The van der Waals surface area contributed by atoms with Crippen molar-refractivity contribution >= 4 is 33.2 Å². The van der Waals surface area contributed by atoms with Crippen LogP contribution in [0.15, 0.2) is 40.9 Å². The van der Waals surface area contributed by atoms with Crippen LogP contribution in [0.25, 0.3) is 0 Å². The van der Waals surface area contributed by atoms with Crippen LogP contribution in [-0.4, -0.2) is 0 Å². The van der Waals surface area contributed by atoms with Crippen LogP contribution in [0.4, 0.5) is 5.69 Å². The molecule has 1 atom stereocenters. The van der Waals surface area contributed by atoms with Crippen LogP contribution in [-0.2, 0) is 0 Å². The fraction of sp³-hybridized carbons (Fsp3) is 0.294. The summed E-state index contributed by atoms with van der Waals surface area (Å²) in [6.07, 6.45) is 1.01.